The van der Waals surface area contributed by atoms with Crippen LogP contribution >= 0.6 is 0 Å². The smallest absolute Gasteiger partial charge is 0.129 e. The fourth-order valence-corrected chi connectivity index (χ4v) is 1.91. The maximum absolute atomic E-state index is 4.63. The van der Waals surface area contributed by atoms with Crippen molar-refractivity contribution in [1.82, 2.24) is 10.3 Å². The summed E-state index contributed by atoms with van der Waals surface area (Å²) in [6.45, 7) is 10.7. The normalized spacial score (nSPS) is 12.5. The number of nitrogens with one attached hydrogen (secondary N) is 1. The van der Waals surface area contributed by atoms with E-state index >= 15 is 0 Å². The predicted octanol–water partition coefficient (Wildman–Crippen LogP) is 3.12. The zero-order valence-corrected chi connectivity index (χ0v) is 12.5. The van der Waals surface area contributed by atoms with Gasteiger partial charge in [0.05, 0.1) is 0 Å². The minimum atomic E-state index is 0.524. The summed E-state index contributed by atoms with van der Waals surface area (Å²) in [7, 11) is 2.12. The van der Waals surface area contributed by atoms with E-state index < -0.39 is 0 Å². The van der Waals surface area contributed by atoms with Crippen LogP contribution in [0.4, 0.5) is 5.82 Å². The molecule has 0 radical (unpaired) electrons. The number of aryl methyl sites for hydroxylation is 1. The highest BCUT2D eigenvalue weighted by Crippen LogP contribution is 2.17. The third-order valence-corrected chi connectivity index (χ3v) is 3.37. The van der Waals surface area contributed by atoms with Crippen molar-refractivity contribution in [2.75, 3.05) is 18.5 Å². The number of anilines is 1. The minimum absolute atomic E-state index is 0.524. The Morgan fingerprint density at radius 2 is 2.06 bits per heavy atom. The monoisotopic (exact) mass is 249 g/mol. The average Bonchev–Trinajstić information content (AvgIpc) is 2.36. The zero-order valence-electron chi connectivity index (χ0n) is 12.5. The zero-order chi connectivity index (χ0) is 13.5. The highest BCUT2D eigenvalue weighted by molar-refractivity contribution is 5.42. The highest BCUT2D eigenvalue weighted by atomic mass is 15.2. The molecule has 0 amide bonds. The van der Waals surface area contributed by atoms with Crippen LogP contribution in [0.1, 0.15) is 44.9 Å². The average molecular weight is 249 g/mol. The second-order valence-electron chi connectivity index (χ2n) is 5.02. The molecule has 0 saturated heterocycles. The Kier molecular flexibility index (Phi) is 6.13. The molecular formula is C15H27N3. The van der Waals surface area contributed by atoms with Crippen molar-refractivity contribution in [2.45, 2.75) is 53.1 Å². The first-order valence-corrected chi connectivity index (χ1v) is 6.99. The van der Waals surface area contributed by atoms with Crippen molar-refractivity contribution in [3.05, 3.63) is 23.4 Å². The molecule has 3 nitrogen and oxygen atoms in total. The van der Waals surface area contributed by atoms with Gasteiger partial charge in [0.15, 0.2) is 0 Å². The molecule has 0 bridgehead atoms. The first-order valence-electron chi connectivity index (χ1n) is 6.99. The SMILES string of the molecule is CCCNCc1cc(C)nc(N(C)C(C)CC)c1. The molecule has 1 rings (SSSR count). The van der Waals surface area contributed by atoms with E-state index in [0.717, 1.165) is 31.0 Å². The van der Waals surface area contributed by atoms with Crippen LogP contribution in [0, 0.1) is 6.92 Å². The second-order valence-corrected chi connectivity index (χ2v) is 5.02. The molecule has 1 unspecified atom stereocenters. The lowest BCUT2D eigenvalue weighted by Crippen LogP contribution is -2.29. The third-order valence-electron chi connectivity index (χ3n) is 3.37. The molecule has 0 fully saturated rings. The van der Waals surface area contributed by atoms with Gasteiger partial charge in [-0.3, -0.25) is 0 Å². The van der Waals surface area contributed by atoms with Crippen LogP contribution in [0.5, 0.6) is 0 Å². The molecular weight excluding hydrogens is 222 g/mol. The molecule has 0 saturated carbocycles. The van der Waals surface area contributed by atoms with Gasteiger partial charge in [-0.15, -0.1) is 0 Å². The van der Waals surface area contributed by atoms with E-state index in [2.05, 4.69) is 62.1 Å². The molecule has 0 aliphatic carbocycles. The molecule has 0 aromatic carbocycles. The molecule has 0 spiro atoms. The quantitative estimate of drug-likeness (QED) is 0.753. The Balaban J connectivity index is 2.79. The molecule has 0 aliphatic heterocycles. The van der Waals surface area contributed by atoms with Crippen LogP contribution in [-0.2, 0) is 6.54 Å². The van der Waals surface area contributed by atoms with Crippen LogP contribution < -0.4 is 10.2 Å². The molecule has 102 valence electrons. The summed E-state index contributed by atoms with van der Waals surface area (Å²) in [5.74, 6) is 1.08. The van der Waals surface area contributed by atoms with E-state index in [0.29, 0.717) is 6.04 Å². The summed E-state index contributed by atoms with van der Waals surface area (Å²) in [6.07, 6.45) is 2.30. The lowest BCUT2D eigenvalue weighted by atomic mass is 10.2. The first kappa shape index (κ1) is 15.0. The molecule has 1 aromatic rings. The molecule has 0 aliphatic rings. The van der Waals surface area contributed by atoms with Crippen molar-refractivity contribution in [2.24, 2.45) is 0 Å². The maximum atomic E-state index is 4.63. The van der Waals surface area contributed by atoms with Crippen LogP contribution in [-0.4, -0.2) is 24.6 Å². The molecule has 1 atom stereocenters. The lowest BCUT2D eigenvalue weighted by Gasteiger charge is -2.25. The summed E-state index contributed by atoms with van der Waals surface area (Å²) >= 11 is 0. The molecule has 18 heavy (non-hydrogen) atoms. The van der Waals surface area contributed by atoms with Crippen molar-refractivity contribution in [3.63, 3.8) is 0 Å². The number of nitrogens with zero attached hydrogens (tertiary/aromatic N) is 2. The van der Waals surface area contributed by atoms with Crippen LogP contribution in [0.15, 0.2) is 12.1 Å². The van der Waals surface area contributed by atoms with Gasteiger partial charge in [0.1, 0.15) is 5.82 Å². The topological polar surface area (TPSA) is 28.2 Å². The van der Waals surface area contributed by atoms with Gasteiger partial charge in [-0.2, -0.15) is 0 Å². The maximum Gasteiger partial charge on any atom is 0.129 e. The first-order chi connectivity index (χ1) is 8.58. The van der Waals surface area contributed by atoms with E-state index in [1.165, 1.54) is 12.0 Å². The number of aromatic nitrogens is 1. The van der Waals surface area contributed by atoms with Crippen molar-refractivity contribution in [3.8, 4) is 0 Å². The molecule has 1 aromatic heterocycles. The van der Waals surface area contributed by atoms with Crippen LogP contribution in [0.3, 0.4) is 0 Å². The lowest BCUT2D eigenvalue weighted by molar-refractivity contribution is 0.651. The Morgan fingerprint density at radius 1 is 1.33 bits per heavy atom. The number of rotatable bonds is 7. The van der Waals surface area contributed by atoms with Crippen LogP contribution in [0.25, 0.3) is 0 Å². The summed E-state index contributed by atoms with van der Waals surface area (Å²) < 4.78 is 0. The van der Waals surface area contributed by atoms with E-state index in [-0.39, 0.29) is 0 Å². The summed E-state index contributed by atoms with van der Waals surface area (Å²) in [6, 6.07) is 4.88. The molecule has 3 heteroatoms. The van der Waals surface area contributed by atoms with Gasteiger partial charge in [-0.1, -0.05) is 13.8 Å². The summed E-state index contributed by atoms with van der Waals surface area (Å²) in [5, 5.41) is 3.44. The number of pyridine rings is 1. The Hall–Kier alpha value is -1.09. The standard InChI is InChI=1S/C15H27N3/c1-6-8-16-11-14-9-12(3)17-15(10-14)18(5)13(4)7-2/h9-10,13,16H,6-8,11H2,1-5H3. The second kappa shape index (κ2) is 7.37. The van der Waals surface area contributed by atoms with Gasteiger partial charge in [-0.05, 0) is 50.9 Å². The van der Waals surface area contributed by atoms with Crippen molar-refractivity contribution >= 4 is 5.82 Å². The van der Waals surface area contributed by atoms with Gasteiger partial charge in [0.2, 0.25) is 0 Å². The fraction of sp³-hybridized carbons (Fsp3) is 0.667. The van der Waals surface area contributed by atoms with Gasteiger partial charge in [-0.25, -0.2) is 4.98 Å². The van der Waals surface area contributed by atoms with E-state index in [1.54, 1.807) is 0 Å². The largest absolute Gasteiger partial charge is 0.357 e. The number of hydrogen-bond donors (Lipinski definition) is 1. The van der Waals surface area contributed by atoms with Gasteiger partial charge < -0.3 is 10.2 Å². The highest BCUT2D eigenvalue weighted by Gasteiger charge is 2.10. The van der Waals surface area contributed by atoms with Gasteiger partial charge >= 0.3 is 0 Å². The summed E-state index contributed by atoms with van der Waals surface area (Å²) in [5.41, 5.74) is 2.41. The molecule has 1 N–H and O–H groups in total. The summed E-state index contributed by atoms with van der Waals surface area (Å²) in [4.78, 5) is 6.89. The van der Waals surface area contributed by atoms with Gasteiger partial charge in [0, 0.05) is 25.3 Å². The minimum Gasteiger partial charge on any atom is -0.357 e. The van der Waals surface area contributed by atoms with Crippen molar-refractivity contribution < 1.29 is 0 Å². The third kappa shape index (κ3) is 4.30. The number of hydrogen-bond acceptors (Lipinski definition) is 3. The fourth-order valence-electron chi connectivity index (χ4n) is 1.91. The van der Waals surface area contributed by atoms with E-state index in [1.807, 2.05) is 0 Å². The van der Waals surface area contributed by atoms with E-state index in [9.17, 15) is 0 Å². The Morgan fingerprint density at radius 3 is 2.67 bits per heavy atom. The van der Waals surface area contributed by atoms with Crippen LogP contribution in [0.2, 0.25) is 0 Å². The Labute approximate surface area is 112 Å². The molecule has 1 heterocycles. The Bertz CT molecular complexity index is 363. The van der Waals surface area contributed by atoms with Crippen molar-refractivity contribution in [1.29, 1.82) is 0 Å². The van der Waals surface area contributed by atoms with Gasteiger partial charge in [0.25, 0.3) is 0 Å². The predicted molar refractivity (Wildman–Crippen MR) is 79.1 cm³/mol. The van der Waals surface area contributed by atoms with E-state index in [4.69, 9.17) is 0 Å².